The van der Waals surface area contributed by atoms with E-state index in [1.165, 1.54) is 9.36 Å². The summed E-state index contributed by atoms with van der Waals surface area (Å²) in [6.07, 6.45) is 1.85. The molecule has 0 radical (unpaired) electrons. The average molecular weight is 362 g/mol. The molecule has 0 spiro atoms. The van der Waals surface area contributed by atoms with E-state index >= 15 is 0 Å². The van der Waals surface area contributed by atoms with E-state index in [4.69, 9.17) is 0 Å². The van der Waals surface area contributed by atoms with Crippen LogP contribution in [0.15, 0.2) is 30.3 Å². The van der Waals surface area contributed by atoms with Crippen LogP contribution in [0.1, 0.15) is 31.4 Å². The highest BCUT2D eigenvalue weighted by Gasteiger charge is 2.22. The Morgan fingerprint density at radius 3 is 2.40 bits per heavy atom. The van der Waals surface area contributed by atoms with Crippen molar-refractivity contribution in [1.29, 1.82) is 0 Å². The number of tetrazole rings is 2. The van der Waals surface area contributed by atoms with Crippen LogP contribution in [0, 0.1) is 0 Å². The molecule has 25 heavy (non-hydrogen) atoms. The molecular formula is C14H18N8O2S. The monoisotopic (exact) mass is 362 g/mol. The summed E-state index contributed by atoms with van der Waals surface area (Å²) in [6.45, 7) is 2.64. The second-order valence-corrected chi connectivity index (χ2v) is 7.61. The third kappa shape index (κ3) is 4.24. The number of nitrogens with zero attached hydrogens (tertiary/aromatic N) is 8. The van der Waals surface area contributed by atoms with Crippen molar-refractivity contribution in [3.63, 3.8) is 0 Å². The van der Waals surface area contributed by atoms with Gasteiger partial charge in [0.2, 0.25) is 0 Å². The van der Waals surface area contributed by atoms with Gasteiger partial charge in [0.15, 0.2) is 21.5 Å². The van der Waals surface area contributed by atoms with Crippen LogP contribution in [0.2, 0.25) is 0 Å². The lowest BCUT2D eigenvalue weighted by molar-refractivity contribution is 0.535. The summed E-state index contributed by atoms with van der Waals surface area (Å²) < 4.78 is 28.1. The molecule has 0 aliphatic carbocycles. The zero-order chi connectivity index (χ0) is 17.7. The van der Waals surface area contributed by atoms with E-state index in [9.17, 15) is 8.42 Å². The Labute approximate surface area is 144 Å². The number of hydrogen-bond donors (Lipinski definition) is 0. The van der Waals surface area contributed by atoms with Crippen LogP contribution in [0.25, 0.3) is 5.69 Å². The SMILES string of the molecule is CCCCn1nnnc1CS(=O)(=O)Cc1nnnn1-c1ccccc1. The van der Waals surface area contributed by atoms with Gasteiger partial charge in [-0.05, 0) is 39.4 Å². The van der Waals surface area contributed by atoms with Gasteiger partial charge in [0.1, 0.15) is 11.5 Å². The predicted octanol–water partition coefficient (Wildman–Crippen LogP) is 0.564. The van der Waals surface area contributed by atoms with Crippen molar-refractivity contribution in [2.75, 3.05) is 0 Å². The minimum atomic E-state index is -3.53. The van der Waals surface area contributed by atoms with Gasteiger partial charge >= 0.3 is 0 Å². The van der Waals surface area contributed by atoms with Crippen molar-refractivity contribution < 1.29 is 8.42 Å². The van der Waals surface area contributed by atoms with Crippen LogP contribution in [-0.4, -0.2) is 48.8 Å². The van der Waals surface area contributed by atoms with E-state index in [1.54, 1.807) is 12.1 Å². The molecule has 0 aliphatic rings. The van der Waals surface area contributed by atoms with Gasteiger partial charge in [0.25, 0.3) is 0 Å². The molecule has 0 N–H and O–H groups in total. The number of para-hydroxylation sites is 1. The topological polar surface area (TPSA) is 121 Å². The molecule has 0 amide bonds. The van der Waals surface area contributed by atoms with Crippen molar-refractivity contribution in [2.24, 2.45) is 0 Å². The molecule has 11 heteroatoms. The lowest BCUT2D eigenvalue weighted by Gasteiger charge is -2.06. The van der Waals surface area contributed by atoms with Crippen LogP contribution in [0.5, 0.6) is 0 Å². The van der Waals surface area contributed by atoms with Gasteiger partial charge in [-0.25, -0.2) is 13.1 Å². The molecule has 132 valence electrons. The Kier molecular flexibility index (Phi) is 5.12. The average Bonchev–Trinajstić information content (AvgIpc) is 3.22. The highest BCUT2D eigenvalue weighted by Crippen LogP contribution is 2.12. The number of hydrogen-bond acceptors (Lipinski definition) is 8. The molecule has 0 unspecified atom stereocenters. The Morgan fingerprint density at radius 2 is 1.64 bits per heavy atom. The molecule has 0 bridgehead atoms. The van der Waals surface area contributed by atoms with Crippen LogP contribution in [0.4, 0.5) is 0 Å². The first-order chi connectivity index (χ1) is 12.1. The molecule has 0 fully saturated rings. The maximum Gasteiger partial charge on any atom is 0.171 e. The standard InChI is InChI=1S/C14H18N8O2S/c1-2-3-9-21-13(15-17-19-21)10-25(23,24)11-14-16-18-20-22(14)12-7-5-4-6-8-12/h4-8H,2-3,9-11H2,1H3. The van der Waals surface area contributed by atoms with E-state index in [1.807, 2.05) is 25.1 Å². The first kappa shape index (κ1) is 17.1. The zero-order valence-electron chi connectivity index (χ0n) is 13.7. The van der Waals surface area contributed by atoms with Gasteiger partial charge in [-0.1, -0.05) is 31.5 Å². The maximum absolute atomic E-state index is 12.6. The lowest BCUT2D eigenvalue weighted by atomic mass is 10.3. The fraction of sp³-hybridized carbons (Fsp3) is 0.429. The van der Waals surface area contributed by atoms with E-state index < -0.39 is 9.84 Å². The normalized spacial score (nSPS) is 11.7. The van der Waals surface area contributed by atoms with Gasteiger partial charge in [0.05, 0.1) is 5.69 Å². The number of unbranched alkanes of at least 4 members (excludes halogenated alkanes) is 1. The minimum Gasteiger partial charge on any atom is -0.229 e. The number of sulfone groups is 1. The molecule has 3 rings (SSSR count). The zero-order valence-corrected chi connectivity index (χ0v) is 14.5. The number of benzene rings is 1. The van der Waals surface area contributed by atoms with Crippen LogP contribution < -0.4 is 0 Å². The van der Waals surface area contributed by atoms with Crippen molar-refractivity contribution in [2.45, 2.75) is 37.8 Å². The maximum atomic E-state index is 12.6. The second-order valence-electron chi connectivity index (χ2n) is 5.55. The first-order valence-electron chi connectivity index (χ1n) is 7.87. The van der Waals surface area contributed by atoms with E-state index in [0.29, 0.717) is 18.1 Å². The first-order valence-corrected chi connectivity index (χ1v) is 9.69. The summed E-state index contributed by atoms with van der Waals surface area (Å²) in [5.41, 5.74) is 0.700. The highest BCUT2D eigenvalue weighted by molar-refractivity contribution is 7.89. The minimum absolute atomic E-state index is 0.249. The van der Waals surface area contributed by atoms with E-state index in [-0.39, 0.29) is 17.3 Å². The largest absolute Gasteiger partial charge is 0.229 e. The molecular weight excluding hydrogens is 344 g/mol. The predicted molar refractivity (Wildman–Crippen MR) is 88.2 cm³/mol. The Morgan fingerprint density at radius 1 is 0.960 bits per heavy atom. The molecule has 0 aliphatic heterocycles. The van der Waals surface area contributed by atoms with Crippen molar-refractivity contribution in [3.8, 4) is 5.69 Å². The van der Waals surface area contributed by atoms with Crippen LogP contribution in [-0.2, 0) is 27.9 Å². The summed E-state index contributed by atoms with van der Waals surface area (Å²) in [6, 6.07) is 9.13. The lowest BCUT2D eigenvalue weighted by Crippen LogP contribution is -2.16. The summed E-state index contributed by atoms with van der Waals surface area (Å²) in [7, 11) is -3.53. The van der Waals surface area contributed by atoms with Gasteiger partial charge in [-0.3, -0.25) is 0 Å². The summed E-state index contributed by atoms with van der Waals surface area (Å²) in [4.78, 5) is 0. The molecule has 0 atom stereocenters. The third-order valence-electron chi connectivity index (χ3n) is 3.56. The molecule has 0 saturated heterocycles. The van der Waals surface area contributed by atoms with Crippen LogP contribution in [0.3, 0.4) is 0 Å². The smallest absolute Gasteiger partial charge is 0.171 e. The number of aromatic nitrogens is 8. The third-order valence-corrected chi connectivity index (χ3v) is 4.96. The van der Waals surface area contributed by atoms with Gasteiger partial charge < -0.3 is 0 Å². The fourth-order valence-corrected chi connectivity index (χ4v) is 3.59. The fourth-order valence-electron chi connectivity index (χ4n) is 2.32. The van der Waals surface area contributed by atoms with Crippen molar-refractivity contribution in [3.05, 3.63) is 42.0 Å². The number of aryl methyl sites for hydroxylation is 1. The Hall–Kier alpha value is -2.69. The van der Waals surface area contributed by atoms with Gasteiger partial charge in [-0.15, -0.1) is 10.2 Å². The Balaban J connectivity index is 1.77. The van der Waals surface area contributed by atoms with Crippen LogP contribution >= 0.6 is 0 Å². The molecule has 10 nitrogen and oxygen atoms in total. The van der Waals surface area contributed by atoms with E-state index in [2.05, 4.69) is 31.1 Å². The molecule has 2 heterocycles. The summed E-state index contributed by atoms with van der Waals surface area (Å²) >= 11 is 0. The molecule has 2 aromatic heterocycles. The molecule has 3 aromatic rings. The number of rotatable bonds is 8. The van der Waals surface area contributed by atoms with Crippen molar-refractivity contribution >= 4 is 9.84 Å². The Bertz CT molecular complexity index is 919. The highest BCUT2D eigenvalue weighted by atomic mass is 32.2. The quantitative estimate of drug-likeness (QED) is 0.570. The molecule has 0 saturated carbocycles. The van der Waals surface area contributed by atoms with E-state index in [0.717, 1.165) is 12.8 Å². The van der Waals surface area contributed by atoms with Gasteiger partial charge in [0, 0.05) is 6.54 Å². The summed E-state index contributed by atoms with van der Waals surface area (Å²) in [5.74, 6) is 0.0203. The van der Waals surface area contributed by atoms with Crippen molar-refractivity contribution in [1.82, 2.24) is 40.4 Å². The molecule has 1 aromatic carbocycles. The second kappa shape index (κ2) is 7.47. The summed E-state index contributed by atoms with van der Waals surface area (Å²) in [5, 5.41) is 22.6. The van der Waals surface area contributed by atoms with Gasteiger partial charge in [-0.2, -0.15) is 4.68 Å².